The Morgan fingerprint density at radius 2 is 0.610 bits per heavy atom. The molecule has 0 amide bonds. The number of aliphatic hydroxyl groups excluding tert-OH is 1. The summed E-state index contributed by atoms with van der Waals surface area (Å²) in [5, 5.41) is 35.9. The molecule has 4 N–H and O–H groups in total. The summed E-state index contributed by atoms with van der Waals surface area (Å²) in [6.45, 7) is 55.0. The summed E-state index contributed by atoms with van der Waals surface area (Å²) in [7, 11) is -2.10. The highest BCUT2D eigenvalue weighted by Gasteiger charge is 2.41. The average molecular weight is 1820 g/mol. The largest absolute Gasteiger partial charge is 0.508 e. The lowest BCUT2D eigenvalue weighted by atomic mass is 10.2. The fourth-order valence-electron chi connectivity index (χ4n) is 10.2. The van der Waals surface area contributed by atoms with Crippen LogP contribution in [0, 0.1) is 0 Å². The number of aliphatic hydroxyl groups is 1. The van der Waals surface area contributed by atoms with Crippen LogP contribution in [0.3, 0.4) is 0 Å². The first-order valence-corrected chi connectivity index (χ1v) is 45.2. The highest BCUT2D eigenvalue weighted by Crippen LogP contribution is 2.31. The fraction of sp³-hybridized carbons (Fsp3) is 0.398. The quantitative estimate of drug-likeness (QED) is 0.00906. The lowest BCUT2D eigenvalue weighted by Gasteiger charge is -2.28. The normalized spacial score (nSPS) is 10.5. The third kappa shape index (κ3) is 51.6. The molecule has 0 fully saturated rings. The first-order chi connectivity index (χ1) is 59.6. The standard InChI is InChI=1S/C28H54O10Si2.C16H22O4.C16H18O4.C13H15BrO2.C13H16O3.C7H6O4/c1-8-33-39(34-9-2,35-10-3)20-14-16-31-27-22-26(25-30-19-18-29-7)23-28(24-27)32-17-15-21-40(36-11-4,37-12-5)38-13-6;1-4-6-19-15-10-14(13-18-9-8-17-3)11-16(12-15)20-7-5-2;1-4-7-18-14-10-13(16(17)20-9-6-3)11-15(12-14)19-8-5-2;2*1-3-5-15-12-7-11(10-14)8-13(9-12)16-6-4-2;8-5-1-4(7(10)11)2-6(9)3-5/h22-24H,8-21,25H2,1-7H3;4-5,10-12H,1-2,6-9,13H2,3H3;4-6,10-12H,1-3,7-9H2;3-4,7-9H,1-2,5-6,10H2;3-4,7-9,14H,1-2,5-6,10H2;1-3,8-9H,(H,10,11). The molecule has 6 aromatic rings. The Hall–Kier alpha value is -10.0. The van der Waals surface area contributed by atoms with Crippen molar-refractivity contribution in [3.8, 4) is 69.0 Å². The number of aromatic hydroxyl groups is 2. The van der Waals surface area contributed by atoms with Gasteiger partial charge in [-0.05, 0) is 149 Å². The molecule has 6 rings (SSSR count). The van der Waals surface area contributed by atoms with Crippen molar-refractivity contribution in [1.82, 2.24) is 0 Å². The number of phenols is 2. The number of alkyl halides is 1. The highest BCUT2D eigenvalue weighted by molar-refractivity contribution is 9.08. The Morgan fingerprint density at radius 1 is 0.341 bits per heavy atom. The Labute approximate surface area is 739 Å². The number of halogens is 1. The van der Waals surface area contributed by atoms with Crippen molar-refractivity contribution in [2.24, 2.45) is 0 Å². The van der Waals surface area contributed by atoms with E-state index in [-0.39, 0.29) is 30.3 Å². The maximum atomic E-state index is 11.8. The number of carboxylic acids is 1. The van der Waals surface area contributed by atoms with Crippen LogP contribution in [0.4, 0.5) is 0 Å². The molecule has 0 saturated heterocycles. The van der Waals surface area contributed by atoms with Crippen LogP contribution in [0.1, 0.15) is 97.4 Å². The van der Waals surface area contributed by atoms with Crippen molar-refractivity contribution in [2.75, 3.05) is 153 Å². The zero-order valence-electron chi connectivity index (χ0n) is 73.0. The summed E-state index contributed by atoms with van der Waals surface area (Å²) in [5.74, 6) is 4.66. The number of methoxy groups -OCH3 is 2. The molecular weight excluding hydrogens is 1690 g/mol. The van der Waals surface area contributed by atoms with E-state index in [4.69, 9.17) is 118 Å². The number of hydrogen-bond acceptors (Lipinski definition) is 26. The van der Waals surface area contributed by atoms with Crippen molar-refractivity contribution in [1.29, 1.82) is 0 Å². The zero-order valence-corrected chi connectivity index (χ0v) is 76.6. The number of rotatable bonds is 62. The van der Waals surface area contributed by atoms with Gasteiger partial charge in [0.05, 0.1) is 70.6 Å². The van der Waals surface area contributed by atoms with Crippen LogP contribution in [0.25, 0.3) is 0 Å². The number of benzene rings is 6. The fourth-order valence-corrected chi connectivity index (χ4v) is 15.7. The Morgan fingerprint density at radius 3 is 0.862 bits per heavy atom. The molecule has 30 heteroatoms. The predicted molar refractivity (Wildman–Crippen MR) is 488 cm³/mol. The van der Waals surface area contributed by atoms with Gasteiger partial charge in [0.1, 0.15) is 128 Å². The van der Waals surface area contributed by atoms with Crippen LogP contribution in [0.2, 0.25) is 12.1 Å². The van der Waals surface area contributed by atoms with E-state index in [1.807, 2.05) is 96.1 Å². The van der Waals surface area contributed by atoms with Gasteiger partial charge in [-0.1, -0.05) is 130 Å². The molecule has 27 nitrogen and oxygen atoms in total. The summed E-state index contributed by atoms with van der Waals surface area (Å²) in [6.07, 6.45) is 16.4. The first kappa shape index (κ1) is 111. The molecule has 0 aliphatic rings. The Balaban J connectivity index is 0.000000780. The second kappa shape index (κ2) is 71.4. The van der Waals surface area contributed by atoms with Gasteiger partial charge in [0.2, 0.25) is 0 Å². The number of carboxylic acid groups (broad SMARTS) is 1. The molecule has 0 aliphatic heterocycles. The van der Waals surface area contributed by atoms with Gasteiger partial charge in [-0.2, -0.15) is 0 Å². The monoisotopic (exact) mass is 1810 g/mol. The number of carbonyl (C=O) groups excluding carboxylic acids is 1. The third-order valence-electron chi connectivity index (χ3n) is 15.0. The van der Waals surface area contributed by atoms with E-state index >= 15 is 0 Å². The van der Waals surface area contributed by atoms with E-state index in [2.05, 4.69) is 75.1 Å². The van der Waals surface area contributed by atoms with E-state index in [0.29, 0.717) is 186 Å². The van der Waals surface area contributed by atoms with E-state index in [1.165, 1.54) is 6.08 Å². The molecular formula is C93H131BrO27Si2. The molecule has 123 heavy (non-hydrogen) atoms. The minimum absolute atomic E-state index is 0.0459. The van der Waals surface area contributed by atoms with Crippen LogP contribution in [-0.2, 0) is 75.4 Å². The Kier molecular flexibility index (Phi) is 64.5. The van der Waals surface area contributed by atoms with E-state index in [0.717, 1.165) is 93.1 Å². The van der Waals surface area contributed by atoms with E-state index in [9.17, 15) is 9.59 Å². The topological polar surface area (TPSA) is 309 Å². The smallest absolute Gasteiger partial charge is 0.501 e. The molecule has 0 atom stereocenters. The molecule has 0 heterocycles. The number of phenolic OH excluding ortho intramolecular Hbond substituents is 2. The number of aromatic carboxylic acids is 1. The third-order valence-corrected chi connectivity index (χ3v) is 22.0. The number of carbonyl (C=O) groups is 2. The van der Waals surface area contributed by atoms with E-state index in [1.54, 1.807) is 99.2 Å². The van der Waals surface area contributed by atoms with Gasteiger partial charge in [-0.15, -0.1) is 0 Å². The molecule has 0 radical (unpaired) electrons. The van der Waals surface area contributed by atoms with Gasteiger partial charge in [-0.25, -0.2) is 9.59 Å². The molecule has 0 aliphatic carbocycles. The van der Waals surface area contributed by atoms with Gasteiger partial charge in [0.25, 0.3) is 0 Å². The predicted octanol–water partition coefficient (Wildman–Crippen LogP) is 18.4. The number of esters is 1. The van der Waals surface area contributed by atoms with Crippen molar-refractivity contribution in [2.45, 2.75) is 91.6 Å². The SMILES string of the molecule is C=CCOC(=O)c1cc(OCC=C)cc(OCC=C)c1.C=CCOc1cc(CBr)cc(OCC=C)c1.C=CCOc1cc(CO)cc(OCC=C)c1.C=CCOc1cc(COCCOC)cc(OCC=C)c1.CCO[Si](CCCOc1cc(COCCOC)cc(OCCC[Si](OCC)(OCC)OCC)c1)(OCC)OCC.O=C(O)c1cc(O)cc(O)c1. The number of ether oxygens (including phenoxy) is 15. The number of hydrogen-bond donors (Lipinski definition) is 4. The molecule has 0 saturated carbocycles. The van der Waals surface area contributed by atoms with Crippen LogP contribution < -0.4 is 47.4 Å². The molecule has 0 aromatic heterocycles. The zero-order chi connectivity index (χ0) is 91.0. The minimum atomic E-state index is -2.70. The maximum absolute atomic E-state index is 11.8. The van der Waals surface area contributed by atoms with Crippen molar-refractivity contribution in [3.05, 3.63) is 256 Å². The van der Waals surface area contributed by atoms with Crippen LogP contribution >= 0.6 is 15.9 Å². The first-order valence-electron chi connectivity index (χ1n) is 40.2. The summed E-state index contributed by atoms with van der Waals surface area (Å²) < 4.78 is 118. The van der Waals surface area contributed by atoms with Crippen LogP contribution in [0.5, 0.6) is 69.0 Å². The molecule has 0 unspecified atom stereocenters. The Bertz CT molecular complexity index is 3650. The maximum Gasteiger partial charge on any atom is 0.501 e. The summed E-state index contributed by atoms with van der Waals surface area (Å²) in [4.78, 5) is 22.1. The summed E-state index contributed by atoms with van der Waals surface area (Å²) in [6, 6.07) is 32.1. The minimum Gasteiger partial charge on any atom is -0.508 e. The van der Waals surface area contributed by atoms with Crippen molar-refractivity contribution >= 4 is 45.5 Å². The van der Waals surface area contributed by atoms with Gasteiger partial charge < -0.3 is 118 Å². The average Bonchev–Trinajstić information content (AvgIpc) is 0.856. The van der Waals surface area contributed by atoms with Crippen molar-refractivity contribution < 1.29 is 128 Å². The summed E-state index contributed by atoms with van der Waals surface area (Å²) in [5.41, 5.74) is 4.03. The second-order valence-electron chi connectivity index (χ2n) is 24.9. The lowest BCUT2D eigenvalue weighted by molar-refractivity contribution is 0.0547. The van der Waals surface area contributed by atoms with Crippen LogP contribution in [-0.4, -0.2) is 203 Å². The molecule has 0 spiro atoms. The molecule has 680 valence electrons. The molecule has 0 bridgehead atoms. The van der Waals surface area contributed by atoms with Gasteiger partial charge >= 0.3 is 29.5 Å². The highest BCUT2D eigenvalue weighted by atomic mass is 79.9. The molecule has 6 aromatic carbocycles. The van der Waals surface area contributed by atoms with Crippen molar-refractivity contribution in [3.63, 3.8) is 0 Å². The van der Waals surface area contributed by atoms with Gasteiger partial charge in [-0.3, -0.25) is 0 Å². The van der Waals surface area contributed by atoms with E-state index < -0.39 is 29.5 Å². The van der Waals surface area contributed by atoms with Gasteiger partial charge in [0.15, 0.2) is 0 Å². The van der Waals surface area contributed by atoms with Crippen LogP contribution in [0.15, 0.2) is 223 Å². The summed E-state index contributed by atoms with van der Waals surface area (Å²) >= 11 is 3.41. The second-order valence-corrected chi connectivity index (χ2v) is 30.9. The van der Waals surface area contributed by atoms with Gasteiger partial charge in [0, 0.05) is 108 Å². The lowest BCUT2D eigenvalue weighted by Crippen LogP contribution is -2.46.